The normalized spacial score (nSPS) is 21.0. The molecule has 5 nitrogen and oxygen atoms in total. The maximum atomic E-state index is 12.7. The number of halogens is 4. The highest BCUT2D eigenvalue weighted by Crippen LogP contribution is 2.38. The van der Waals surface area contributed by atoms with Gasteiger partial charge in [-0.3, -0.25) is 9.69 Å². The Morgan fingerprint density at radius 1 is 1.07 bits per heavy atom. The van der Waals surface area contributed by atoms with E-state index < -0.39 is 12.8 Å². The zero-order valence-electron chi connectivity index (χ0n) is 15.9. The van der Waals surface area contributed by atoms with Gasteiger partial charge in [-0.25, -0.2) is 0 Å². The zero-order chi connectivity index (χ0) is 19.0. The fraction of sp³-hybridized carbons (Fsp3) is 0.944. The molecule has 0 aromatic carbocycles. The van der Waals surface area contributed by atoms with Crippen LogP contribution in [0.5, 0.6) is 0 Å². The molecule has 1 aliphatic heterocycles. The van der Waals surface area contributed by atoms with Gasteiger partial charge in [-0.2, -0.15) is 13.2 Å². The van der Waals surface area contributed by atoms with Crippen molar-refractivity contribution in [2.24, 2.45) is 11.1 Å². The second-order valence-corrected chi connectivity index (χ2v) is 7.69. The van der Waals surface area contributed by atoms with Crippen LogP contribution in [0.1, 0.15) is 44.9 Å². The van der Waals surface area contributed by atoms with E-state index in [1.807, 2.05) is 4.90 Å². The van der Waals surface area contributed by atoms with Gasteiger partial charge in [0.2, 0.25) is 5.91 Å². The molecule has 0 bridgehead atoms. The van der Waals surface area contributed by atoms with Crippen molar-refractivity contribution >= 4 is 18.3 Å². The van der Waals surface area contributed by atoms with Crippen LogP contribution in [-0.2, 0) is 9.53 Å². The minimum atomic E-state index is -4.26. The Bertz CT molecular complexity index is 438. The summed E-state index contributed by atoms with van der Waals surface area (Å²) in [6.45, 7) is 3.10. The third-order valence-electron chi connectivity index (χ3n) is 5.63. The summed E-state index contributed by atoms with van der Waals surface area (Å²) in [5.41, 5.74) is 5.97. The van der Waals surface area contributed by atoms with Gasteiger partial charge in [0.1, 0.15) is 6.61 Å². The van der Waals surface area contributed by atoms with Gasteiger partial charge in [-0.15, -0.1) is 12.4 Å². The number of carbonyl (C=O) groups excluding carboxylic acids is 1. The summed E-state index contributed by atoms with van der Waals surface area (Å²) >= 11 is 0. The molecule has 1 saturated carbocycles. The highest BCUT2D eigenvalue weighted by Gasteiger charge is 2.35. The van der Waals surface area contributed by atoms with Crippen molar-refractivity contribution in [3.05, 3.63) is 0 Å². The van der Waals surface area contributed by atoms with Crippen molar-refractivity contribution in [2.75, 3.05) is 52.5 Å². The van der Waals surface area contributed by atoms with Gasteiger partial charge in [-0.05, 0) is 31.2 Å². The van der Waals surface area contributed by atoms with E-state index in [9.17, 15) is 18.0 Å². The molecule has 2 aliphatic rings. The Morgan fingerprint density at radius 2 is 1.70 bits per heavy atom. The van der Waals surface area contributed by atoms with E-state index in [0.717, 1.165) is 38.8 Å². The van der Waals surface area contributed by atoms with Gasteiger partial charge < -0.3 is 15.4 Å². The first kappa shape index (κ1) is 24.5. The summed E-state index contributed by atoms with van der Waals surface area (Å²) < 4.78 is 40.6. The van der Waals surface area contributed by atoms with Gasteiger partial charge in [0.15, 0.2) is 0 Å². The molecule has 0 aromatic heterocycles. The third kappa shape index (κ3) is 8.54. The second-order valence-electron chi connectivity index (χ2n) is 7.69. The molecule has 2 fully saturated rings. The van der Waals surface area contributed by atoms with Crippen LogP contribution in [0.15, 0.2) is 0 Å². The van der Waals surface area contributed by atoms with Crippen molar-refractivity contribution in [1.29, 1.82) is 0 Å². The largest absolute Gasteiger partial charge is 0.411 e. The Morgan fingerprint density at radius 3 is 2.26 bits per heavy atom. The van der Waals surface area contributed by atoms with Gasteiger partial charge in [0.25, 0.3) is 0 Å². The summed E-state index contributed by atoms with van der Waals surface area (Å²) in [6, 6.07) is 0. The first-order valence-corrected chi connectivity index (χ1v) is 9.68. The van der Waals surface area contributed by atoms with Crippen LogP contribution in [0.2, 0.25) is 0 Å². The molecular weight excluding hydrogens is 383 g/mol. The first-order chi connectivity index (χ1) is 12.3. The van der Waals surface area contributed by atoms with Gasteiger partial charge in [0, 0.05) is 45.8 Å². The van der Waals surface area contributed by atoms with Crippen LogP contribution >= 0.6 is 12.4 Å². The van der Waals surface area contributed by atoms with Crippen LogP contribution in [0.3, 0.4) is 0 Å². The first-order valence-electron chi connectivity index (χ1n) is 9.68. The van der Waals surface area contributed by atoms with E-state index >= 15 is 0 Å². The fourth-order valence-corrected chi connectivity index (χ4v) is 3.99. The Kier molecular flexibility index (Phi) is 10.4. The van der Waals surface area contributed by atoms with E-state index in [1.165, 1.54) is 6.42 Å². The highest BCUT2D eigenvalue weighted by molar-refractivity contribution is 5.85. The number of hydrogen-bond acceptors (Lipinski definition) is 4. The van der Waals surface area contributed by atoms with E-state index in [2.05, 4.69) is 9.64 Å². The zero-order valence-corrected chi connectivity index (χ0v) is 16.8. The SMILES string of the molecule is Cl.NCC1(CC(=O)N2CCN(CCCOCC(F)(F)F)CC2)CCCCC1. The van der Waals surface area contributed by atoms with Gasteiger partial charge in [0.05, 0.1) is 0 Å². The summed E-state index contributed by atoms with van der Waals surface area (Å²) in [5.74, 6) is 0.200. The standard InChI is InChI=1S/C18H32F3N3O2.ClH/c19-18(20,21)15-26-12-4-7-23-8-10-24(11-9-23)16(25)13-17(14-22)5-2-1-3-6-17;/h1-15,22H2;1H. The minimum Gasteiger partial charge on any atom is -0.372 e. The molecule has 27 heavy (non-hydrogen) atoms. The quantitative estimate of drug-likeness (QED) is 0.619. The molecule has 1 aliphatic carbocycles. The smallest absolute Gasteiger partial charge is 0.372 e. The number of piperazine rings is 1. The van der Waals surface area contributed by atoms with Crippen LogP contribution in [-0.4, -0.2) is 74.4 Å². The molecule has 0 aromatic rings. The average Bonchev–Trinajstić information content (AvgIpc) is 2.62. The molecule has 0 atom stereocenters. The molecule has 0 spiro atoms. The van der Waals surface area contributed by atoms with Gasteiger partial charge in [-0.1, -0.05) is 19.3 Å². The molecule has 160 valence electrons. The average molecular weight is 416 g/mol. The second kappa shape index (κ2) is 11.4. The molecule has 2 rings (SSSR count). The van der Waals surface area contributed by atoms with Crippen molar-refractivity contribution in [3.63, 3.8) is 0 Å². The lowest BCUT2D eigenvalue weighted by Crippen LogP contribution is -2.50. The summed E-state index contributed by atoms with van der Waals surface area (Å²) in [7, 11) is 0. The minimum absolute atomic E-state index is 0. The van der Waals surface area contributed by atoms with Crippen molar-refractivity contribution in [1.82, 2.24) is 9.80 Å². The topological polar surface area (TPSA) is 58.8 Å². The lowest BCUT2D eigenvalue weighted by atomic mass is 9.71. The van der Waals surface area contributed by atoms with E-state index in [1.54, 1.807) is 0 Å². The van der Waals surface area contributed by atoms with E-state index in [-0.39, 0.29) is 30.3 Å². The Labute approximate surface area is 166 Å². The number of carbonyl (C=O) groups is 1. The predicted octanol–water partition coefficient (Wildman–Crippen LogP) is 2.82. The van der Waals surface area contributed by atoms with Crippen molar-refractivity contribution < 1.29 is 22.7 Å². The van der Waals surface area contributed by atoms with Crippen LogP contribution in [0, 0.1) is 5.41 Å². The van der Waals surface area contributed by atoms with Crippen molar-refractivity contribution in [2.45, 2.75) is 51.1 Å². The number of amides is 1. The number of rotatable bonds is 8. The molecular formula is C18H33ClF3N3O2. The molecule has 1 saturated heterocycles. The molecule has 2 N–H and O–H groups in total. The van der Waals surface area contributed by atoms with Crippen LogP contribution in [0.25, 0.3) is 0 Å². The maximum Gasteiger partial charge on any atom is 0.411 e. The third-order valence-corrected chi connectivity index (χ3v) is 5.63. The van der Waals surface area contributed by atoms with Crippen molar-refractivity contribution in [3.8, 4) is 0 Å². The van der Waals surface area contributed by atoms with Crippen LogP contribution < -0.4 is 5.73 Å². The molecule has 9 heteroatoms. The lowest BCUT2D eigenvalue weighted by Gasteiger charge is -2.39. The van der Waals surface area contributed by atoms with Crippen LogP contribution in [0.4, 0.5) is 13.2 Å². The summed E-state index contributed by atoms with van der Waals surface area (Å²) in [6.07, 6.45) is 2.52. The lowest BCUT2D eigenvalue weighted by molar-refractivity contribution is -0.174. The van der Waals surface area contributed by atoms with E-state index in [4.69, 9.17) is 5.73 Å². The number of alkyl halides is 3. The highest BCUT2D eigenvalue weighted by atomic mass is 35.5. The summed E-state index contributed by atoms with van der Waals surface area (Å²) in [4.78, 5) is 16.8. The number of hydrogen-bond donors (Lipinski definition) is 1. The Hall–Kier alpha value is -0.570. The molecule has 0 unspecified atom stereocenters. The predicted molar refractivity (Wildman–Crippen MR) is 101 cm³/mol. The molecule has 1 amide bonds. The number of nitrogens with zero attached hydrogens (tertiary/aromatic N) is 2. The number of nitrogens with two attached hydrogens (primary N) is 1. The Balaban J connectivity index is 0.00000364. The molecule has 1 heterocycles. The van der Waals surface area contributed by atoms with Gasteiger partial charge >= 0.3 is 6.18 Å². The fourth-order valence-electron chi connectivity index (χ4n) is 3.99. The maximum absolute atomic E-state index is 12.7. The van der Waals surface area contributed by atoms with E-state index in [0.29, 0.717) is 39.0 Å². The molecule has 0 radical (unpaired) electrons. The number of ether oxygens (including phenoxy) is 1. The summed E-state index contributed by atoms with van der Waals surface area (Å²) in [5, 5.41) is 0. The monoisotopic (exact) mass is 415 g/mol.